The van der Waals surface area contributed by atoms with Crippen molar-refractivity contribution < 1.29 is 4.79 Å². The first-order chi connectivity index (χ1) is 14.0. The third-order valence-corrected chi connectivity index (χ3v) is 6.74. The van der Waals surface area contributed by atoms with E-state index in [4.69, 9.17) is 4.98 Å². The van der Waals surface area contributed by atoms with Gasteiger partial charge in [-0.15, -0.1) is 0 Å². The summed E-state index contributed by atoms with van der Waals surface area (Å²) >= 11 is 0. The van der Waals surface area contributed by atoms with E-state index in [-0.39, 0.29) is 16.9 Å². The number of nitrogens with zero attached hydrogens (tertiary/aromatic N) is 3. The Labute approximate surface area is 169 Å². The number of carbonyl (C=O) groups is 1. The van der Waals surface area contributed by atoms with Gasteiger partial charge in [0.25, 0.3) is 5.56 Å². The summed E-state index contributed by atoms with van der Waals surface area (Å²) < 4.78 is 2.09. The van der Waals surface area contributed by atoms with E-state index in [2.05, 4.69) is 27.9 Å². The fourth-order valence-corrected chi connectivity index (χ4v) is 5.35. The van der Waals surface area contributed by atoms with E-state index in [1.54, 1.807) is 0 Å². The van der Waals surface area contributed by atoms with Crippen LogP contribution in [0.2, 0.25) is 0 Å². The van der Waals surface area contributed by atoms with E-state index in [0.717, 1.165) is 60.0 Å². The molecule has 2 aromatic heterocycles. The van der Waals surface area contributed by atoms with Gasteiger partial charge in [-0.25, -0.2) is 4.98 Å². The molecule has 29 heavy (non-hydrogen) atoms. The molecule has 3 heterocycles. The summed E-state index contributed by atoms with van der Waals surface area (Å²) in [6.45, 7) is 3.28. The zero-order valence-electron chi connectivity index (χ0n) is 17.0. The second-order valence-electron chi connectivity index (χ2n) is 8.64. The highest BCUT2D eigenvalue weighted by Gasteiger charge is 2.45. The van der Waals surface area contributed by atoms with Gasteiger partial charge in [0.1, 0.15) is 5.82 Å². The van der Waals surface area contributed by atoms with Crippen molar-refractivity contribution in [1.29, 1.82) is 0 Å². The molecule has 3 aromatic rings. The number of amides is 1. The summed E-state index contributed by atoms with van der Waals surface area (Å²) in [5, 5.41) is 1.14. The number of piperidine rings is 1. The number of aromatic nitrogens is 3. The molecular formula is C23H26N4O2. The molecule has 1 saturated heterocycles. The van der Waals surface area contributed by atoms with Crippen LogP contribution in [-0.4, -0.2) is 38.4 Å². The molecule has 0 saturated carbocycles. The van der Waals surface area contributed by atoms with Gasteiger partial charge in [0.05, 0.1) is 12.1 Å². The standard InChI is InChI=1S/C23H26N4O2/c1-15-24-21-18(22(29)25-15)8-10-23(21)9-5-11-27(14-23)20(28)12-16-13-26(2)19-7-4-3-6-17(16)19/h3-4,6-7,13H,5,8-12,14H2,1-2H3,(H,24,25,29). The second kappa shape index (κ2) is 6.58. The Balaban J connectivity index is 1.42. The van der Waals surface area contributed by atoms with E-state index >= 15 is 0 Å². The van der Waals surface area contributed by atoms with Gasteiger partial charge in [0.2, 0.25) is 5.91 Å². The molecule has 0 bridgehead atoms. The predicted octanol–water partition coefficient (Wildman–Crippen LogP) is 2.62. The average molecular weight is 390 g/mol. The van der Waals surface area contributed by atoms with Crippen LogP contribution in [0, 0.1) is 6.92 Å². The fourth-order valence-electron chi connectivity index (χ4n) is 5.35. The summed E-state index contributed by atoms with van der Waals surface area (Å²) in [7, 11) is 2.02. The summed E-state index contributed by atoms with van der Waals surface area (Å²) in [5.74, 6) is 0.824. The van der Waals surface area contributed by atoms with Gasteiger partial charge in [-0.2, -0.15) is 0 Å². The second-order valence-corrected chi connectivity index (χ2v) is 8.64. The Morgan fingerprint density at radius 3 is 2.97 bits per heavy atom. The van der Waals surface area contributed by atoms with Crippen molar-refractivity contribution in [3.05, 3.63) is 63.5 Å². The van der Waals surface area contributed by atoms with E-state index < -0.39 is 0 Å². The largest absolute Gasteiger partial charge is 0.350 e. The van der Waals surface area contributed by atoms with Crippen molar-refractivity contribution in [2.75, 3.05) is 13.1 Å². The van der Waals surface area contributed by atoms with Gasteiger partial charge in [0.15, 0.2) is 0 Å². The number of nitrogens with one attached hydrogen (secondary N) is 1. The maximum absolute atomic E-state index is 13.2. The highest BCUT2D eigenvalue weighted by molar-refractivity contribution is 5.89. The molecule has 150 valence electrons. The van der Waals surface area contributed by atoms with Crippen molar-refractivity contribution >= 4 is 16.8 Å². The van der Waals surface area contributed by atoms with Crippen molar-refractivity contribution in [1.82, 2.24) is 19.4 Å². The zero-order chi connectivity index (χ0) is 20.2. The molecule has 1 aromatic carbocycles. The van der Waals surface area contributed by atoms with Crippen LogP contribution < -0.4 is 5.56 Å². The lowest BCUT2D eigenvalue weighted by Crippen LogP contribution is -2.48. The molecular weight excluding hydrogens is 364 g/mol. The average Bonchev–Trinajstić information content (AvgIpc) is 3.21. The minimum atomic E-state index is -0.166. The van der Waals surface area contributed by atoms with Crippen LogP contribution >= 0.6 is 0 Å². The lowest BCUT2D eigenvalue weighted by molar-refractivity contribution is -0.132. The lowest BCUT2D eigenvalue weighted by Gasteiger charge is -2.40. The van der Waals surface area contributed by atoms with Gasteiger partial charge in [-0.1, -0.05) is 18.2 Å². The first-order valence-corrected chi connectivity index (χ1v) is 10.4. The van der Waals surface area contributed by atoms with E-state index in [1.165, 1.54) is 0 Å². The van der Waals surface area contributed by atoms with Gasteiger partial charge < -0.3 is 14.5 Å². The van der Waals surface area contributed by atoms with Gasteiger partial charge in [-0.3, -0.25) is 9.59 Å². The van der Waals surface area contributed by atoms with Gasteiger partial charge in [0, 0.05) is 48.2 Å². The Morgan fingerprint density at radius 2 is 2.10 bits per heavy atom. The maximum atomic E-state index is 13.2. The van der Waals surface area contributed by atoms with Crippen LogP contribution in [0.3, 0.4) is 0 Å². The molecule has 6 heteroatoms. The van der Waals surface area contributed by atoms with Crippen LogP contribution in [-0.2, 0) is 30.1 Å². The molecule has 1 aliphatic carbocycles. The monoisotopic (exact) mass is 390 g/mol. The molecule has 1 aliphatic heterocycles. The molecule has 1 atom stereocenters. The number of fused-ring (bicyclic) bond motifs is 3. The van der Waals surface area contributed by atoms with Crippen molar-refractivity contribution in [2.24, 2.45) is 7.05 Å². The number of likely N-dealkylation sites (tertiary alicyclic amines) is 1. The topological polar surface area (TPSA) is 71.0 Å². The van der Waals surface area contributed by atoms with Crippen molar-refractivity contribution in [3.8, 4) is 0 Å². The zero-order valence-corrected chi connectivity index (χ0v) is 17.0. The fraction of sp³-hybridized carbons (Fsp3) is 0.435. The first kappa shape index (κ1) is 18.2. The predicted molar refractivity (Wildman–Crippen MR) is 112 cm³/mol. The Kier molecular flexibility index (Phi) is 4.12. The molecule has 1 fully saturated rings. The number of carbonyl (C=O) groups excluding carboxylic acids is 1. The number of aromatic amines is 1. The number of para-hydroxylation sites is 1. The highest BCUT2D eigenvalue weighted by Crippen LogP contribution is 2.43. The Hall–Kier alpha value is -2.89. The van der Waals surface area contributed by atoms with Crippen LogP contribution in [0.25, 0.3) is 10.9 Å². The van der Waals surface area contributed by atoms with Crippen LogP contribution in [0.15, 0.2) is 35.3 Å². The number of hydrogen-bond donors (Lipinski definition) is 1. The van der Waals surface area contributed by atoms with Crippen molar-refractivity contribution in [2.45, 2.75) is 44.4 Å². The molecule has 2 aliphatic rings. The van der Waals surface area contributed by atoms with Crippen LogP contribution in [0.4, 0.5) is 0 Å². The van der Waals surface area contributed by atoms with E-state index in [0.29, 0.717) is 18.8 Å². The van der Waals surface area contributed by atoms with E-state index in [1.807, 2.05) is 31.0 Å². The number of hydrogen-bond acceptors (Lipinski definition) is 3. The number of rotatable bonds is 2. The number of benzene rings is 1. The molecule has 1 spiro atoms. The summed E-state index contributed by atoms with van der Waals surface area (Å²) in [6.07, 6.45) is 6.08. The minimum Gasteiger partial charge on any atom is -0.350 e. The minimum absolute atomic E-state index is 0.0106. The lowest BCUT2D eigenvalue weighted by atomic mass is 9.77. The molecule has 1 amide bonds. The maximum Gasteiger partial charge on any atom is 0.254 e. The molecule has 1 unspecified atom stereocenters. The Morgan fingerprint density at radius 1 is 1.28 bits per heavy atom. The van der Waals surface area contributed by atoms with Gasteiger partial charge in [-0.05, 0) is 44.2 Å². The summed E-state index contributed by atoms with van der Waals surface area (Å²) in [4.78, 5) is 35.1. The molecule has 5 rings (SSSR count). The number of aryl methyl sites for hydroxylation is 2. The third-order valence-electron chi connectivity index (χ3n) is 6.74. The van der Waals surface area contributed by atoms with E-state index in [9.17, 15) is 9.59 Å². The van der Waals surface area contributed by atoms with Crippen molar-refractivity contribution in [3.63, 3.8) is 0 Å². The smallest absolute Gasteiger partial charge is 0.254 e. The van der Waals surface area contributed by atoms with Crippen LogP contribution in [0.1, 0.15) is 41.9 Å². The third kappa shape index (κ3) is 2.89. The normalized spacial score (nSPS) is 21.1. The summed E-state index contributed by atoms with van der Waals surface area (Å²) in [6, 6.07) is 8.21. The molecule has 1 N–H and O–H groups in total. The Bertz CT molecular complexity index is 1180. The summed E-state index contributed by atoms with van der Waals surface area (Å²) in [5.41, 5.74) is 3.80. The molecule has 0 radical (unpaired) electrons. The number of H-pyrrole nitrogens is 1. The highest BCUT2D eigenvalue weighted by atomic mass is 16.2. The first-order valence-electron chi connectivity index (χ1n) is 10.4. The van der Waals surface area contributed by atoms with Crippen LogP contribution in [0.5, 0.6) is 0 Å². The molecule has 6 nitrogen and oxygen atoms in total. The quantitative estimate of drug-likeness (QED) is 0.731. The SMILES string of the molecule is Cc1nc2c(c(=O)[nH]1)CCC21CCCN(C(=O)Cc2cn(C)c3ccccc23)C1. The van der Waals surface area contributed by atoms with Gasteiger partial charge >= 0.3 is 0 Å².